The predicted octanol–water partition coefficient (Wildman–Crippen LogP) is 6.50. The van der Waals surface area contributed by atoms with E-state index in [-0.39, 0.29) is 0 Å². The summed E-state index contributed by atoms with van der Waals surface area (Å²) < 4.78 is 0. The van der Waals surface area contributed by atoms with Crippen LogP contribution in [0, 0.1) is 5.92 Å². The van der Waals surface area contributed by atoms with Gasteiger partial charge in [0, 0.05) is 10.7 Å². The summed E-state index contributed by atoms with van der Waals surface area (Å²) in [5, 5.41) is 2.12. The van der Waals surface area contributed by atoms with Gasteiger partial charge in [-0.3, -0.25) is 0 Å². The zero-order valence-electron chi connectivity index (χ0n) is 12.0. The zero-order valence-corrected chi connectivity index (χ0v) is 15.2. The van der Waals surface area contributed by atoms with Crippen LogP contribution in [0.2, 0.25) is 0 Å². The Hall–Kier alpha value is 0.440. The molecule has 17 heavy (non-hydrogen) atoms. The van der Waals surface area contributed by atoms with E-state index in [2.05, 4.69) is 78.6 Å². The number of hydrogen-bond donors (Lipinski definition) is 0. The molecule has 0 nitrogen and oxygen atoms in total. The van der Waals surface area contributed by atoms with E-state index < -0.39 is 0 Å². The van der Waals surface area contributed by atoms with Crippen molar-refractivity contribution in [3.63, 3.8) is 0 Å². The third-order valence-corrected chi connectivity index (χ3v) is 3.08. The molecule has 0 spiro atoms. The highest BCUT2D eigenvalue weighted by Gasteiger charge is 1.98. The highest BCUT2D eigenvalue weighted by Crippen LogP contribution is 2.12. The molecule has 0 saturated carbocycles. The summed E-state index contributed by atoms with van der Waals surface area (Å²) >= 11 is 6.73. The second kappa shape index (κ2) is 14.5. The smallest absolute Gasteiger partial charge is 0.0214 e. The highest BCUT2D eigenvalue weighted by atomic mass is 79.9. The minimum atomic E-state index is 0.866. The van der Waals surface area contributed by atoms with Crippen LogP contribution >= 0.6 is 31.9 Å². The van der Waals surface area contributed by atoms with E-state index in [0.717, 1.165) is 16.6 Å². The van der Waals surface area contributed by atoms with Gasteiger partial charge in [-0.1, -0.05) is 62.1 Å². The van der Waals surface area contributed by atoms with Crippen molar-refractivity contribution < 1.29 is 0 Å². The lowest BCUT2D eigenvalue weighted by Gasteiger charge is -2.06. The van der Waals surface area contributed by atoms with Crippen LogP contribution < -0.4 is 0 Å². The number of rotatable bonds is 6. The Bertz CT molecular complexity index is 209. The van der Waals surface area contributed by atoms with E-state index in [0.29, 0.717) is 0 Å². The van der Waals surface area contributed by atoms with Crippen molar-refractivity contribution in [2.24, 2.45) is 5.92 Å². The van der Waals surface area contributed by atoms with Gasteiger partial charge in [0.25, 0.3) is 0 Å². The van der Waals surface area contributed by atoms with Crippen LogP contribution in [0.1, 0.15) is 53.9 Å². The van der Waals surface area contributed by atoms with E-state index in [4.69, 9.17) is 0 Å². The van der Waals surface area contributed by atoms with Crippen molar-refractivity contribution in [3.05, 3.63) is 23.3 Å². The molecule has 0 aliphatic heterocycles. The van der Waals surface area contributed by atoms with Crippen LogP contribution in [0.3, 0.4) is 0 Å². The highest BCUT2D eigenvalue weighted by molar-refractivity contribution is 9.09. The number of halogens is 2. The summed E-state index contributed by atoms with van der Waals surface area (Å²) in [4.78, 5) is 0. The summed E-state index contributed by atoms with van der Waals surface area (Å²) in [6, 6.07) is 0. The third-order valence-electron chi connectivity index (χ3n) is 2.30. The van der Waals surface area contributed by atoms with Crippen LogP contribution in [0.15, 0.2) is 23.3 Å². The molecule has 0 aromatic heterocycles. The van der Waals surface area contributed by atoms with E-state index in [1.807, 2.05) is 0 Å². The Labute approximate surface area is 125 Å². The third kappa shape index (κ3) is 22.2. The zero-order chi connectivity index (χ0) is 13.7. The average molecular weight is 368 g/mol. The Morgan fingerprint density at radius 2 is 1.47 bits per heavy atom. The Morgan fingerprint density at radius 1 is 0.941 bits per heavy atom. The first kappa shape index (κ1) is 19.8. The number of alkyl halides is 2. The molecule has 0 radical (unpaired) electrons. The van der Waals surface area contributed by atoms with Crippen molar-refractivity contribution in [2.45, 2.75) is 53.9 Å². The average Bonchev–Trinajstić information content (AvgIpc) is 2.18. The van der Waals surface area contributed by atoms with Gasteiger partial charge in [0.05, 0.1) is 0 Å². The van der Waals surface area contributed by atoms with Gasteiger partial charge in [-0.25, -0.2) is 0 Å². The van der Waals surface area contributed by atoms with Gasteiger partial charge in [0.1, 0.15) is 0 Å². The Kier molecular flexibility index (Phi) is 16.9. The second-order valence-corrected chi connectivity index (χ2v) is 6.32. The van der Waals surface area contributed by atoms with Gasteiger partial charge in [0.15, 0.2) is 0 Å². The second-order valence-electron chi connectivity index (χ2n) is 4.88. The molecule has 0 bridgehead atoms. The molecule has 0 aliphatic carbocycles. The fourth-order valence-electron chi connectivity index (χ4n) is 1.14. The molecule has 1 atom stereocenters. The van der Waals surface area contributed by atoms with Crippen LogP contribution in [-0.4, -0.2) is 10.7 Å². The molecule has 0 amide bonds. The molecule has 0 N–H and O–H groups in total. The normalized spacial score (nSPS) is 11.0. The lowest BCUT2D eigenvalue weighted by atomic mass is 10.0. The summed E-state index contributed by atoms with van der Waals surface area (Å²) in [5.74, 6) is 0.866. The van der Waals surface area contributed by atoms with Crippen LogP contribution in [0.5, 0.6) is 0 Å². The standard InChI is InChI=1S/C10H19Br.C5H9Br/c1-9(2)5-4-6-10(3)7-8-11;1-5(2)3-4-6/h5,10H,4,6-8H2,1-3H3;3H,4H2,1-2H3/t10-;/m1./s1. The first-order chi connectivity index (χ1) is 7.93. The molecule has 0 aromatic rings. The van der Waals surface area contributed by atoms with Crippen molar-refractivity contribution >= 4 is 31.9 Å². The molecule has 0 aliphatic rings. The number of allylic oxidation sites excluding steroid dienone is 4. The quantitative estimate of drug-likeness (QED) is 0.371. The molecule has 0 fully saturated rings. The van der Waals surface area contributed by atoms with Crippen molar-refractivity contribution in [1.29, 1.82) is 0 Å². The molecule has 0 heterocycles. The molecular weight excluding hydrogens is 340 g/mol. The molecule has 0 unspecified atom stereocenters. The molecule has 102 valence electrons. The first-order valence-electron chi connectivity index (χ1n) is 6.32. The number of hydrogen-bond acceptors (Lipinski definition) is 0. The fourth-order valence-corrected chi connectivity index (χ4v) is 2.57. The fraction of sp³-hybridized carbons (Fsp3) is 0.733. The van der Waals surface area contributed by atoms with E-state index in [1.54, 1.807) is 0 Å². The van der Waals surface area contributed by atoms with Crippen molar-refractivity contribution in [3.8, 4) is 0 Å². The Morgan fingerprint density at radius 3 is 1.76 bits per heavy atom. The molecular formula is C15H28Br2. The minimum Gasteiger partial charge on any atom is -0.0928 e. The lowest BCUT2D eigenvalue weighted by molar-refractivity contribution is 0.526. The summed E-state index contributed by atoms with van der Waals surface area (Å²) in [5.41, 5.74) is 2.81. The van der Waals surface area contributed by atoms with Gasteiger partial charge in [-0.05, 0) is 52.9 Å². The maximum atomic E-state index is 3.46. The summed E-state index contributed by atoms with van der Waals surface area (Å²) in [6.07, 6.45) is 8.33. The van der Waals surface area contributed by atoms with Gasteiger partial charge in [-0.15, -0.1) is 0 Å². The molecule has 0 saturated heterocycles. The van der Waals surface area contributed by atoms with Gasteiger partial charge < -0.3 is 0 Å². The molecule has 0 rings (SSSR count). The van der Waals surface area contributed by atoms with E-state index in [9.17, 15) is 0 Å². The largest absolute Gasteiger partial charge is 0.0928 e. The van der Waals surface area contributed by atoms with Gasteiger partial charge >= 0.3 is 0 Å². The molecule has 2 heteroatoms. The van der Waals surface area contributed by atoms with Gasteiger partial charge in [0.2, 0.25) is 0 Å². The van der Waals surface area contributed by atoms with Crippen molar-refractivity contribution in [2.75, 3.05) is 10.7 Å². The summed E-state index contributed by atoms with van der Waals surface area (Å²) in [7, 11) is 0. The Balaban J connectivity index is 0. The maximum Gasteiger partial charge on any atom is 0.0214 e. The summed E-state index contributed by atoms with van der Waals surface area (Å²) in [6.45, 7) is 10.8. The van der Waals surface area contributed by atoms with Gasteiger partial charge in [-0.2, -0.15) is 0 Å². The van der Waals surface area contributed by atoms with E-state index >= 15 is 0 Å². The van der Waals surface area contributed by atoms with Crippen LogP contribution in [0.25, 0.3) is 0 Å². The van der Waals surface area contributed by atoms with Crippen molar-refractivity contribution in [1.82, 2.24) is 0 Å². The monoisotopic (exact) mass is 366 g/mol. The topological polar surface area (TPSA) is 0 Å². The lowest BCUT2D eigenvalue weighted by Crippen LogP contribution is -1.93. The SMILES string of the molecule is CC(C)=CCBr.CC(C)=CCC[C@@H](C)CCBr. The van der Waals surface area contributed by atoms with E-state index in [1.165, 1.54) is 30.4 Å². The van der Waals surface area contributed by atoms with Crippen LogP contribution in [0.4, 0.5) is 0 Å². The molecule has 0 aromatic carbocycles. The van der Waals surface area contributed by atoms with Crippen LogP contribution in [-0.2, 0) is 0 Å². The maximum absolute atomic E-state index is 3.46. The minimum absolute atomic E-state index is 0.866. The predicted molar refractivity (Wildman–Crippen MR) is 89.5 cm³/mol. The first-order valence-corrected chi connectivity index (χ1v) is 8.57.